The van der Waals surface area contributed by atoms with Gasteiger partial charge in [0.25, 0.3) is 0 Å². The van der Waals surface area contributed by atoms with Gasteiger partial charge in [0.05, 0.1) is 0 Å². The summed E-state index contributed by atoms with van der Waals surface area (Å²) in [6, 6.07) is 0. The van der Waals surface area contributed by atoms with E-state index in [2.05, 4.69) is 130 Å². The Morgan fingerprint density at radius 2 is 0.542 bits per heavy atom. The van der Waals surface area contributed by atoms with Gasteiger partial charge in [-0.05, 0) is 103 Å². The summed E-state index contributed by atoms with van der Waals surface area (Å²) in [5, 5.41) is 0. The molecular formula is C66H110O6. The van der Waals surface area contributed by atoms with Crippen molar-refractivity contribution in [3.8, 4) is 0 Å². The average Bonchev–Trinajstić information content (AvgIpc) is 3.38. The normalized spacial score (nSPS) is 12.9. The van der Waals surface area contributed by atoms with Crippen molar-refractivity contribution in [2.45, 2.75) is 277 Å². The number of esters is 3. The number of ether oxygens (including phenoxy) is 3. The number of rotatable bonds is 53. The highest BCUT2D eigenvalue weighted by Crippen LogP contribution is 2.16. The van der Waals surface area contributed by atoms with E-state index in [4.69, 9.17) is 14.2 Å². The molecule has 0 amide bonds. The Morgan fingerprint density at radius 1 is 0.292 bits per heavy atom. The van der Waals surface area contributed by atoms with Gasteiger partial charge in [0.1, 0.15) is 13.2 Å². The molecule has 6 heteroatoms. The number of hydrogen-bond donors (Lipinski definition) is 0. The summed E-state index contributed by atoms with van der Waals surface area (Å²) < 4.78 is 16.9. The molecule has 0 bridgehead atoms. The second kappa shape index (κ2) is 59.6. The zero-order chi connectivity index (χ0) is 52.2. The monoisotopic (exact) mass is 999 g/mol. The molecule has 1 atom stereocenters. The van der Waals surface area contributed by atoms with Crippen LogP contribution in [-0.2, 0) is 28.6 Å². The first kappa shape index (κ1) is 68.1. The highest BCUT2D eigenvalue weighted by atomic mass is 16.6. The predicted octanol–water partition coefficient (Wildman–Crippen LogP) is 20.3. The molecule has 0 aromatic carbocycles. The van der Waals surface area contributed by atoms with Crippen molar-refractivity contribution >= 4 is 17.9 Å². The number of allylic oxidation sites excluding steroid dienone is 18. The minimum Gasteiger partial charge on any atom is -0.462 e. The molecule has 0 rings (SSSR count). The fraction of sp³-hybridized carbons (Fsp3) is 0.682. The summed E-state index contributed by atoms with van der Waals surface area (Å²) in [5.74, 6) is -0.930. The maximum absolute atomic E-state index is 12.9. The van der Waals surface area contributed by atoms with Crippen LogP contribution in [0.4, 0.5) is 0 Å². The molecule has 0 aliphatic carbocycles. The van der Waals surface area contributed by atoms with Gasteiger partial charge in [-0.1, -0.05) is 259 Å². The van der Waals surface area contributed by atoms with Gasteiger partial charge in [-0.2, -0.15) is 0 Å². The predicted molar refractivity (Wildman–Crippen MR) is 311 cm³/mol. The maximum Gasteiger partial charge on any atom is 0.306 e. The molecule has 0 spiro atoms. The van der Waals surface area contributed by atoms with E-state index in [-0.39, 0.29) is 31.1 Å². The van der Waals surface area contributed by atoms with E-state index in [1.807, 2.05) is 0 Å². The average molecular weight is 1000 g/mol. The molecule has 0 aliphatic heterocycles. The Kier molecular flexibility index (Phi) is 56.4. The van der Waals surface area contributed by atoms with Gasteiger partial charge in [-0.15, -0.1) is 0 Å². The van der Waals surface area contributed by atoms with E-state index < -0.39 is 6.10 Å². The zero-order valence-electron chi connectivity index (χ0n) is 46.9. The minimum absolute atomic E-state index is 0.0949. The minimum atomic E-state index is -0.797. The fourth-order valence-electron chi connectivity index (χ4n) is 8.11. The molecule has 0 aromatic rings. The largest absolute Gasteiger partial charge is 0.462 e. The summed E-state index contributed by atoms with van der Waals surface area (Å²) in [6.07, 6.45) is 80.8. The first-order valence-electron chi connectivity index (χ1n) is 29.9. The molecule has 0 saturated carbocycles. The van der Waals surface area contributed by atoms with Crippen molar-refractivity contribution in [2.75, 3.05) is 13.2 Å². The van der Waals surface area contributed by atoms with Crippen molar-refractivity contribution in [3.63, 3.8) is 0 Å². The zero-order valence-corrected chi connectivity index (χ0v) is 46.9. The maximum atomic E-state index is 12.9. The molecule has 72 heavy (non-hydrogen) atoms. The van der Waals surface area contributed by atoms with Gasteiger partial charge in [0, 0.05) is 19.3 Å². The van der Waals surface area contributed by atoms with Crippen LogP contribution in [-0.4, -0.2) is 37.2 Å². The van der Waals surface area contributed by atoms with Crippen LogP contribution < -0.4 is 0 Å². The summed E-state index contributed by atoms with van der Waals surface area (Å²) in [6.45, 7) is 6.39. The van der Waals surface area contributed by atoms with Crippen molar-refractivity contribution in [2.24, 2.45) is 0 Å². The molecule has 0 heterocycles. The molecule has 0 radical (unpaired) electrons. The number of unbranched alkanes of at least 4 members (excludes halogenated alkanes) is 24. The van der Waals surface area contributed by atoms with E-state index in [0.717, 1.165) is 148 Å². The van der Waals surface area contributed by atoms with E-state index in [1.54, 1.807) is 0 Å². The second-order valence-electron chi connectivity index (χ2n) is 19.5. The molecule has 1 unspecified atom stereocenters. The number of hydrogen-bond acceptors (Lipinski definition) is 6. The van der Waals surface area contributed by atoms with Crippen LogP contribution in [0.25, 0.3) is 0 Å². The third-order valence-electron chi connectivity index (χ3n) is 12.5. The highest BCUT2D eigenvalue weighted by Gasteiger charge is 2.19. The molecule has 0 aliphatic rings. The van der Waals surface area contributed by atoms with Crippen LogP contribution >= 0.6 is 0 Å². The number of carbonyl (C=O) groups is 3. The summed E-state index contributed by atoms with van der Waals surface area (Å²) in [5.41, 5.74) is 0. The fourth-order valence-corrected chi connectivity index (χ4v) is 8.11. The molecule has 0 N–H and O–H groups in total. The van der Waals surface area contributed by atoms with Crippen molar-refractivity contribution in [1.29, 1.82) is 0 Å². The Balaban J connectivity index is 4.44. The van der Waals surface area contributed by atoms with Crippen LogP contribution in [0.15, 0.2) is 109 Å². The SMILES string of the molecule is CC/C=C\C/C=C\C/C=C\C/C=C\C/C=C\C/C=C\CCCCCCC(=O)OCC(COC(=O)CCCCCCC/C=C\C/C=C\C/C=C\CC)OC(=O)CCCCCCCCCCCCCCCCCC. The topological polar surface area (TPSA) is 78.9 Å². The molecule has 6 nitrogen and oxygen atoms in total. The smallest absolute Gasteiger partial charge is 0.306 e. The van der Waals surface area contributed by atoms with E-state index in [1.165, 1.54) is 83.5 Å². The Morgan fingerprint density at radius 3 is 0.847 bits per heavy atom. The Bertz CT molecular complexity index is 1470. The molecule has 0 aromatic heterocycles. The van der Waals surface area contributed by atoms with Crippen LogP contribution in [0.3, 0.4) is 0 Å². The Labute approximate surface area is 444 Å². The van der Waals surface area contributed by atoms with Gasteiger partial charge in [-0.3, -0.25) is 14.4 Å². The van der Waals surface area contributed by atoms with Gasteiger partial charge in [0.15, 0.2) is 6.10 Å². The third kappa shape index (κ3) is 57.0. The first-order chi connectivity index (χ1) is 35.5. The molecule has 0 fully saturated rings. The van der Waals surface area contributed by atoms with Crippen molar-refractivity contribution in [1.82, 2.24) is 0 Å². The summed E-state index contributed by atoms with van der Waals surface area (Å²) >= 11 is 0. The van der Waals surface area contributed by atoms with Crippen molar-refractivity contribution in [3.05, 3.63) is 109 Å². The lowest BCUT2D eigenvalue weighted by Crippen LogP contribution is -2.30. The molecular weight excluding hydrogens is 889 g/mol. The van der Waals surface area contributed by atoms with Crippen LogP contribution in [0.2, 0.25) is 0 Å². The first-order valence-corrected chi connectivity index (χ1v) is 29.9. The van der Waals surface area contributed by atoms with E-state index >= 15 is 0 Å². The van der Waals surface area contributed by atoms with Gasteiger partial charge in [-0.25, -0.2) is 0 Å². The highest BCUT2D eigenvalue weighted by molar-refractivity contribution is 5.71. The lowest BCUT2D eigenvalue weighted by molar-refractivity contribution is -0.167. The lowest BCUT2D eigenvalue weighted by atomic mass is 10.0. The van der Waals surface area contributed by atoms with Gasteiger partial charge < -0.3 is 14.2 Å². The van der Waals surface area contributed by atoms with E-state index in [0.29, 0.717) is 19.3 Å². The van der Waals surface area contributed by atoms with Crippen LogP contribution in [0, 0.1) is 0 Å². The third-order valence-corrected chi connectivity index (χ3v) is 12.5. The Hall–Kier alpha value is -3.93. The molecule has 410 valence electrons. The summed E-state index contributed by atoms with van der Waals surface area (Å²) in [7, 11) is 0. The van der Waals surface area contributed by atoms with Crippen molar-refractivity contribution < 1.29 is 28.6 Å². The lowest BCUT2D eigenvalue weighted by Gasteiger charge is -2.18. The van der Waals surface area contributed by atoms with E-state index in [9.17, 15) is 14.4 Å². The molecule has 0 saturated heterocycles. The summed E-state index contributed by atoms with van der Waals surface area (Å²) in [4.78, 5) is 38.2. The van der Waals surface area contributed by atoms with Crippen LogP contribution in [0.1, 0.15) is 271 Å². The quantitative estimate of drug-likeness (QED) is 0.0261. The van der Waals surface area contributed by atoms with Gasteiger partial charge in [0.2, 0.25) is 0 Å². The van der Waals surface area contributed by atoms with Gasteiger partial charge >= 0.3 is 17.9 Å². The number of carbonyl (C=O) groups excluding carboxylic acids is 3. The second-order valence-corrected chi connectivity index (χ2v) is 19.5. The van der Waals surface area contributed by atoms with Crippen LogP contribution in [0.5, 0.6) is 0 Å². The standard InChI is InChI=1S/C66H110O6/c1-4-7-10-13-16-19-22-25-28-30-31-32-33-34-35-36-39-41-44-47-50-53-56-59-65(68)71-62-63(61-70-64(67)58-55-52-49-46-43-40-37-27-24-21-18-15-12-9-6-3)72-66(69)60-57-54-51-48-45-42-38-29-26-23-20-17-14-11-8-5-2/h7,9-10,12,16,18-19,21,25,27-28,31-32,34-35,37,39,41,63H,4-6,8,11,13-15,17,20,22-24,26,29-30,33,36,38,40,42-62H2,1-3H3/b10-7-,12-9-,19-16-,21-18-,28-25-,32-31-,35-34-,37-27-,41-39-.